The second-order valence-electron chi connectivity index (χ2n) is 4.01. The third-order valence-electron chi connectivity index (χ3n) is 2.63. The number of fused-ring (bicyclic) bond motifs is 1. The van der Waals surface area contributed by atoms with Gasteiger partial charge in [0.2, 0.25) is 6.10 Å². The molecule has 1 aromatic rings. The normalized spacial score (nSPS) is 17.6. The van der Waals surface area contributed by atoms with E-state index in [1.807, 2.05) is 18.2 Å². The van der Waals surface area contributed by atoms with Gasteiger partial charge in [-0.25, -0.2) is 0 Å². The molecule has 0 spiro atoms. The van der Waals surface area contributed by atoms with Crippen LogP contribution in [0.25, 0.3) is 0 Å². The molecule has 0 radical (unpaired) electrons. The van der Waals surface area contributed by atoms with Crippen molar-refractivity contribution in [3.63, 3.8) is 0 Å². The first-order chi connectivity index (χ1) is 8.31. The molecule has 0 saturated carbocycles. The molecule has 4 heteroatoms. The maximum absolute atomic E-state index is 11.8. The molecule has 0 aliphatic carbocycles. The minimum Gasteiger partial charge on any atom is -0.485 e. The lowest BCUT2D eigenvalue weighted by molar-refractivity contribution is -0.130. The highest BCUT2D eigenvalue weighted by molar-refractivity contribution is 5.81. The van der Waals surface area contributed by atoms with Gasteiger partial charge in [0.25, 0.3) is 5.91 Å². The summed E-state index contributed by atoms with van der Waals surface area (Å²) in [7, 11) is 0. The molecular formula is C13H17NO3. The first-order valence-electron chi connectivity index (χ1n) is 5.97. The minimum absolute atomic E-state index is 0.104. The molecule has 4 nitrogen and oxygen atoms in total. The van der Waals surface area contributed by atoms with Crippen molar-refractivity contribution in [2.45, 2.75) is 25.9 Å². The molecule has 1 aliphatic heterocycles. The maximum atomic E-state index is 11.8. The van der Waals surface area contributed by atoms with Gasteiger partial charge in [-0.2, -0.15) is 0 Å². The Kier molecular flexibility index (Phi) is 3.85. The third kappa shape index (κ3) is 2.90. The van der Waals surface area contributed by atoms with E-state index in [-0.39, 0.29) is 12.5 Å². The van der Waals surface area contributed by atoms with Crippen LogP contribution in [0.2, 0.25) is 0 Å². The molecule has 1 N–H and O–H groups in total. The zero-order valence-electron chi connectivity index (χ0n) is 9.94. The molecule has 1 aliphatic rings. The number of nitrogens with one attached hydrogen (secondary N) is 1. The number of hydrogen-bond donors (Lipinski definition) is 1. The van der Waals surface area contributed by atoms with Crippen LogP contribution in [0.4, 0.5) is 0 Å². The van der Waals surface area contributed by atoms with Gasteiger partial charge in [-0.15, -0.1) is 0 Å². The van der Waals surface area contributed by atoms with Crippen molar-refractivity contribution < 1.29 is 14.3 Å². The van der Waals surface area contributed by atoms with Crippen molar-refractivity contribution in [2.24, 2.45) is 0 Å². The van der Waals surface area contributed by atoms with E-state index in [0.717, 1.165) is 12.8 Å². The second kappa shape index (κ2) is 5.57. The van der Waals surface area contributed by atoms with E-state index >= 15 is 0 Å². The van der Waals surface area contributed by atoms with Gasteiger partial charge in [0, 0.05) is 6.54 Å². The van der Waals surface area contributed by atoms with Crippen molar-refractivity contribution >= 4 is 5.91 Å². The lowest BCUT2D eigenvalue weighted by atomic mass is 10.2. The Labute approximate surface area is 101 Å². The predicted molar refractivity (Wildman–Crippen MR) is 64.3 cm³/mol. The highest BCUT2D eigenvalue weighted by Gasteiger charge is 2.26. The van der Waals surface area contributed by atoms with Crippen LogP contribution in [0.15, 0.2) is 24.3 Å². The van der Waals surface area contributed by atoms with Crippen LogP contribution in [0.3, 0.4) is 0 Å². The molecule has 0 aromatic heterocycles. The summed E-state index contributed by atoms with van der Waals surface area (Å²) in [6, 6.07) is 7.38. The number of hydrogen-bond acceptors (Lipinski definition) is 3. The molecule has 92 valence electrons. The van der Waals surface area contributed by atoms with Gasteiger partial charge in [0.15, 0.2) is 11.5 Å². The molecule has 2 rings (SSSR count). The third-order valence-corrected chi connectivity index (χ3v) is 2.63. The van der Waals surface area contributed by atoms with Crippen LogP contribution in [-0.2, 0) is 4.79 Å². The molecule has 1 atom stereocenters. The van der Waals surface area contributed by atoms with Crippen molar-refractivity contribution in [3.05, 3.63) is 24.3 Å². The van der Waals surface area contributed by atoms with Crippen molar-refractivity contribution in [2.75, 3.05) is 13.2 Å². The van der Waals surface area contributed by atoms with Crippen molar-refractivity contribution in [3.8, 4) is 11.5 Å². The van der Waals surface area contributed by atoms with Gasteiger partial charge in [0.05, 0.1) is 0 Å². The first-order valence-corrected chi connectivity index (χ1v) is 5.97. The predicted octanol–water partition coefficient (Wildman–Crippen LogP) is 1.74. The van der Waals surface area contributed by atoms with Crippen LogP contribution in [-0.4, -0.2) is 25.2 Å². The lowest BCUT2D eigenvalue weighted by Gasteiger charge is -2.25. The second-order valence-corrected chi connectivity index (χ2v) is 4.01. The Bertz CT molecular complexity index is 392. The largest absolute Gasteiger partial charge is 0.485 e. The van der Waals surface area contributed by atoms with Gasteiger partial charge in [-0.3, -0.25) is 4.79 Å². The van der Waals surface area contributed by atoms with E-state index in [1.165, 1.54) is 0 Å². The fourth-order valence-electron chi connectivity index (χ4n) is 1.65. The summed E-state index contributed by atoms with van der Waals surface area (Å²) in [5, 5.41) is 2.84. The number of carbonyl (C=O) groups excluding carboxylic acids is 1. The Morgan fingerprint density at radius 2 is 2.18 bits per heavy atom. The Hall–Kier alpha value is -1.71. The minimum atomic E-state index is -0.540. The average Bonchev–Trinajstić information content (AvgIpc) is 2.38. The van der Waals surface area contributed by atoms with E-state index in [9.17, 15) is 4.79 Å². The Morgan fingerprint density at radius 3 is 2.94 bits per heavy atom. The molecule has 1 heterocycles. The molecule has 0 bridgehead atoms. The van der Waals surface area contributed by atoms with E-state index in [4.69, 9.17) is 9.47 Å². The van der Waals surface area contributed by atoms with Crippen LogP contribution in [0, 0.1) is 0 Å². The standard InChI is InChI=1S/C13H17NO3/c1-2-3-8-14-13(15)12-9-16-10-6-4-5-7-11(10)17-12/h4-7,12H,2-3,8-9H2,1H3,(H,14,15)/t12-/m0/s1. The van der Waals surface area contributed by atoms with Crippen LogP contribution in [0.1, 0.15) is 19.8 Å². The Balaban J connectivity index is 1.91. The topological polar surface area (TPSA) is 47.6 Å². The monoisotopic (exact) mass is 235 g/mol. The van der Waals surface area contributed by atoms with E-state index in [2.05, 4.69) is 12.2 Å². The summed E-state index contributed by atoms with van der Waals surface area (Å²) in [6.07, 6.45) is 1.50. The molecular weight excluding hydrogens is 218 g/mol. The van der Waals surface area contributed by atoms with E-state index in [0.29, 0.717) is 18.0 Å². The molecule has 0 saturated heterocycles. The zero-order chi connectivity index (χ0) is 12.1. The van der Waals surface area contributed by atoms with Gasteiger partial charge in [-0.05, 0) is 18.6 Å². The van der Waals surface area contributed by atoms with Gasteiger partial charge in [-0.1, -0.05) is 25.5 Å². The van der Waals surface area contributed by atoms with E-state index in [1.54, 1.807) is 6.07 Å². The molecule has 1 aromatic carbocycles. The smallest absolute Gasteiger partial charge is 0.264 e. The quantitative estimate of drug-likeness (QED) is 0.809. The maximum Gasteiger partial charge on any atom is 0.264 e. The SMILES string of the molecule is CCCCNC(=O)[C@@H]1COc2ccccc2O1. The van der Waals surface area contributed by atoms with E-state index < -0.39 is 6.10 Å². The molecule has 0 unspecified atom stereocenters. The highest BCUT2D eigenvalue weighted by atomic mass is 16.6. The summed E-state index contributed by atoms with van der Waals surface area (Å²) in [5.41, 5.74) is 0. The summed E-state index contributed by atoms with van der Waals surface area (Å²) in [5.74, 6) is 1.23. The van der Waals surface area contributed by atoms with Crippen molar-refractivity contribution in [1.29, 1.82) is 0 Å². The van der Waals surface area contributed by atoms with Crippen LogP contribution < -0.4 is 14.8 Å². The summed E-state index contributed by atoms with van der Waals surface area (Å²) < 4.78 is 11.1. The average molecular weight is 235 g/mol. The molecule has 1 amide bonds. The molecule has 17 heavy (non-hydrogen) atoms. The fraction of sp³-hybridized carbons (Fsp3) is 0.462. The zero-order valence-corrected chi connectivity index (χ0v) is 9.94. The fourth-order valence-corrected chi connectivity index (χ4v) is 1.65. The number of amides is 1. The van der Waals surface area contributed by atoms with Crippen molar-refractivity contribution in [1.82, 2.24) is 5.32 Å². The molecule has 0 fully saturated rings. The summed E-state index contributed by atoms with van der Waals surface area (Å²) in [4.78, 5) is 11.8. The number of benzene rings is 1. The highest BCUT2D eigenvalue weighted by Crippen LogP contribution is 2.30. The number of ether oxygens (including phenoxy) is 2. The number of para-hydroxylation sites is 2. The Morgan fingerprint density at radius 1 is 1.41 bits per heavy atom. The van der Waals surface area contributed by atoms with Gasteiger partial charge < -0.3 is 14.8 Å². The number of carbonyl (C=O) groups is 1. The number of rotatable bonds is 4. The summed E-state index contributed by atoms with van der Waals surface area (Å²) >= 11 is 0. The lowest BCUT2D eigenvalue weighted by Crippen LogP contribution is -2.44. The van der Waals surface area contributed by atoms with Gasteiger partial charge in [0.1, 0.15) is 6.61 Å². The van der Waals surface area contributed by atoms with Crippen LogP contribution in [0.5, 0.6) is 11.5 Å². The number of unbranched alkanes of at least 4 members (excludes halogenated alkanes) is 1. The van der Waals surface area contributed by atoms with Crippen LogP contribution >= 0.6 is 0 Å². The van der Waals surface area contributed by atoms with Gasteiger partial charge >= 0.3 is 0 Å². The summed E-state index contributed by atoms with van der Waals surface area (Å²) in [6.45, 7) is 3.05. The first kappa shape index (κ1) is 11.8.